The fraction of sp³-hybridized carbons (Fsp3) is 0.211. The molecule has 1 saturated heterocycles. The summed E-state index contributed by atoms with van der Waals surface area (Å²) < 4.78 is 4.68. The summed E-state index contributed by atoms with van der Waals surface area (Å²) in [4.78, 5) is 29.9. The van der Waals surface area contributed by atoms with Crippen LogP contribution in [0.15, 0.2) is 59.8 Å². The van der Waals surface area contributed by atoms with Gasteiger partial charge in [-0.15, -0.1) is 11.8 Å². The van der Waals surface area contributed by atoms with Crippen molar-refractivity contribution in [3.05, 3.63) is 65.9 Å². The molecule has 1 aromatic carbocycles. The molecule has 5 nitrogen and oxygen atoms in total. The van der Waals surface area contributed by atoms with E-state index in [-0.39, 0.29) is 11.9 Å². The van der Waals surface area contributed by atoms with Gasteiger partial charge in [-0.25, -0.2) is 9.78 Å². The molecule has 0 saturated carbocycles. The Hall–Kier alpha value is -2.60. The van der Waals surface area contributed by atoms with Crippen molar-refractivity contribution in [3.8, 4) is 0 Å². The molecule has 0 spiro atoms. The van der Waals surface area contributed by atoms with Gasteiger partial charge < -0.3 is 9.64 Å². The zero-order valence-electron chi connectivity index (χ0n) is 13.8. The smallest absolute Gasteiger partial charge is 0.330 e. The highest BCUT2D eigenvalue weighted by atomic mass is 32.2. The van der Waals surface area contributed by atoms with Crippen LogP contribution < -0.4 is 0 Å². The molecule has 3 rings (SSSR count). The number of ether oxygens (including phenoxy) is 1. The Bertz CT molecular complexity index is 792. The van der Waals surface area contributed by atoms with Crippen LogP contribution in [0.5, 0.6) is 0 Å². The molecule has 0 bridgehead atoms. The van der Waals surface area contributed by atoms with Gasteiger partial charge in [0.1, 0.15) is 11.1 Å². The van der Waals surface area contributed by atoms with Crippen LogP contribution in [-0.2, 0) is 9.53 Å². The van der Waals surface area contributed by atoms with Crippen molar-refractivity contribution in [1.82, 2.24) is 9.88 Å². The molecule has 1 aliphatic rings. The Balaban J connectivity index is 1.62. The lowest BCUT2D eigenvalue weighted by atomic mass is 10.2. The Kier molecular flexibility index (Phi) is 5.50. The van der Waals surface area contributed by atoms with Crippen molar-refractivity contribution in [3.63, 3.8) is 0 Å². The van der Waals surface area contributed by atoms with Gasteiger partial charge >= 0.3 is 5.97 Å². The predicted molar refractivity (Wildman–Crippen MR) is 97.3 cm³/mol. The number of carbonyl (C=O) groups excluding carboxylic acids is 2. The number of pyridine rings is 1. The highest BCUT2D eigenvalue weighted by Gasteiger charge is 2.45. The standard InChI is InChI=1S/C19H18N2O3S/c1-24-19(23)16-13-21(16)18(22)15-10-5-11-20-17(15)25-12-6-9-14-7-3-2-4-8-14/h2-11,16H,12-13H2,1H3/b9-6+/t16-,21?/m0/s1. The van der Waals surface area contributed by atoms with E-state index in [1.165, 1.54) is 23.8 Å². The molecular weight excluding hydrogens is 336 g/mol. The average molecular weight is 354 g/mol. The molecule has 2 heterocycles. The minimum Gasteiger partial charge on any atom is -0.467 e. The zero-order valence-corrected chi connectivity index (χ0v) is 14.6. The number of nitrogens with zero attached hydrogens (tertiary/aromatic N) is 2. The molecular formula is C19H18N2O3S. The van der Waals surface area contributed by atoms with E-state index in [0.717, 1.165) is 5.56 Å². The second-order valence-electron chi connectivity index (χ2n) is 5.48. The van der Waals surface area contributed by atoms with Gasteiger partial charge in [0, 0.05) is 11.9 Å². The van der Waals surface area contributed by atoms with Crippen LogP contribution in [-0.4, -0.2) is 47.2 Å². The Morgan fingerprint density at radius 3 is 2.84 bits per heavy atom. The number of thioether (sulfide) groups is 1. The highest BCUT2D eigenvalue weighted by molar-refractivity contribution is 7.99. The van der Waals surface area contributed by atoms with Gasteiger partial charge in [0.05, 0.1) is 19.2 Å². The van der Waals surface area contributed by atoms with Gasteiger partial charge in [-0.2, -0.15) is 0 Å². The number of carbonyl (C=O) groups is 2. The number of amides is 1. The summed E-state index contributed by atoms with van der Waals surface area (Å²) in [5, 5.41) is 0.667. The summed E-state index contributed by atoms with van der Waals surface area (Å²) in [5.41, 5.74) is 1.65. The highest BCUT2D eigenvalue weighted by Crippen LogP contribution is 2.27. The first-order valence-corrected chi connectivity index (χ1v) is 8.87. The van der Waals surface area contributed by atoms with Crippen molar-refractivity contribution in [2.24, 2.45) is 0 Å². The van der Waals surface area contributed by atoms with Gasteiger partial charge in [0.2, 0.25) is 0 Å². The maximum absolute atomic E-state index is 12.6. The number of hydrogen-bond donors (Lipinski definition) is 0. The molecule has 2 aromatic rings. The van der Waals surface area contributed by atoms with Gasteiger partial charge in [0.15, 0.2) is 0 Å². The number of hydrogen-bond acceptors (Lipinski definition) is 5. The first kappa shape index (κ1) is 17.2. The summed E-state index contributed by atoms with van der Waals surface area (Å²) in [5.74, 6) is 0.141. The third-order valence-corrected chi connectivity index (χ3v) is 4.73. The summed E-state index contributed by atoms with van der Waals surface area (Å²) in [6.45, 7) is 0.401. The van der Waals surface area contributed by atoms with E-state index in [9.17, 15) is 9.59 Å². The van der Waals surface area contributed by atoms with Crippen molar-refractivity contribution in [1.29, 1.82) is 0 Å². The van der Waals surface area contributed by atoms with Crippen LogP contribution >= 0.6 is 11.8 Å². The molecule has 0 radical (unpaired) electrons. The minimum atomic E-state index is -0.464. The number of methoxy groups -OCH3 is 1. The number of aromatic nitrogens is 1. The monoisotopic (exact) mass is 354 g/mol. The molecule has 25 heavy (non-hydrogen) atoms. The molecule has 1 aromatic heterocycles. The normalized spacial score (nSPS) is 16.0. The van der Waals surface area contributed by atoms with Crippen LogP contribution in [0.3, 0.4) is 0 Å². The lowest BCUT2D eigenvalue weighted by molar-refractivity contribution is -0.140. The van der Waals surface area contributed by atoms with Crippen molar-refractivity contribution in [2.45, 2.75) is 11.1 Å². The molecule has 0 aliphatic carbocycles. The SMILES string of the molecule is COC(=O)[C@@H]1CN1C(=O)c1cccnc1SC/C=C/c1ccccc1. The second kappa shape index (κ2) is 7.98. The van der Waals surface area contributed by atoms with Crippen LogP contribution in [0.25, 0.3) is 6.08 Å². The number of rotatable bonds is 6. The van der Waals surface area contributed by atoms with Crippen molar-refractivity contribution in [2.75, 3.05) is 19.4 Å². The first-order chi connectivity index (χ1) is 12.2. The average Bonchev–Trinajstić information content (AvgIpc) is 3.46. The van der Waals surface area contributed by atoms with E-state index in [2.05, 4.69) is 9.72 Å². The summed E-state index contributed by atoms with van der Waals surface area (Å²) in [6.07, 6.45) is 5.74. The van der Waals surface area contributed by atoms with Gasteiger partial charge in [-0.1, -0.05) is 42.5 Å². The van der Waals surface area contributed by atoms with E-state index >= 15 is 0 Å². The van der Waals surface area contributed by atoms with Gasteiger partial charge in [-0.05, 0) is 17.7 Å². The van der Waals surface area contributed by atoms with E-state index in [4.69, 9.17) is 0 Å². The van der Waals surface area contributed by atoms with Crippen LogP contribution in [0.2, 0.25) is 0 Å². The maximum atomic E-state index is 12.6. The maximum Gasteiger partial charge on any atom is 0.330 e. The molecule has 1 aliphatic heterocycles. The first-order valence-electron chi connectivity index (χ1n) is 7.89. The van der Waals surface area contributed by atoms with Crippen LogP contribution in [0.1, 0.15) is 15.9 Å². The quantitative estimate of drug-likeness (QED) is 0.453. The summed E-state index contributed by atoms with van der Waals surface area (Å²) in [7, 11) is 1.33. The van der Waals surface area contributed by atoms with Crippen LogP contribution in [0, 0.1) is 0 Å². The second-order valence-corrected chi connectivity index (χ2v) is 6.49. The van der Waals surface area contributed by atoms with Gasteiger partial charge in [0.25, 0.3) is 5.91 Å². The largest absolute Gasteiger partial charge is 0.467 e. The fourth-order valence-corrected chi connectivity index (χ4v) is 3.20. The number of esters is 1. The zero-order chi connectivity index (χ0) is 17.6. The predicted octanol–water partition coefficient (Wildman–Crippen LogP) is 2.88. The molecule has 6 heteroatoms. The molecule has 0 unspecified atom stereocenters. The Labute approximate surface area is 150 Å². The molecule has 1 amide bonds. The number of benzene rings is 1. The lowest BCUT2D eigenvalue weighted by Crippen LogP contribution is -2.20. The van der Waals surface area contributed by atoms with Crippen molar-refractivity contribution < 1.29 is 14.3 Å². The van der Waals surface area contributed by atoms with Gasteiger partial charge in [-0.3, -0.25) is 4.79 Å². The topological polar surface area (TPSA) is 59.3 Å². The molecule has 1 fully saturated rings. The van der Waals surface area contributed by atoms with E-state index in [1.807, 2.05) is 42.5 Å². The Morgan fingerprint density at radius 2 is 2.08 bits per heavy atom. The van der Waals surface area contributed by atoms with E-state index < -0.39 is 6.04 Å². The summed E-state index contributed by atoms with van der Waals surface area (Å²) in [6, 6.07) is 13.0. The summed E-state index contributed by atoms with van der Waals surface area (Å²) >= 11 is 1.49. The minimum absolute atomic E-state index is 0.182. The van der Waals surface area contributed by atoms with Crippen molar-refractivity contribution >= 4 is 29.7 Å². The third-order valence-electron chi connectivity index (χ3n) is 3.77. The van der Waals surface area contributed by atoms with E-state index in [1.54, 1.807) is 18.3 Å². The third kappa shape index (κ3) is 4.28. The molecule has 128 valence electrons. The van der Waals surface area contributed by atoms with Crippen LogP contribution in [0.4, 0.5) is 0 Å². The Morgan fingerprint density at radius 1 is 1.28 bits per heavy atom. The van der Waals surface area contributed by atoms with E-state index in [0.29, 0.717) is 22.9 Å². The molecule has 0 N–H and O–H groups in total. The fourth-order valence-electron chi connectivity index (χ4n) is 2.40. The lowest BCUT2D eigenvalue weighted by Gasteiger charge is -2.07. The molecule has 1 atom stereocenters.